The molecule has 2 heterocycles. The zero-order valence-electron chi connectivity index (χ0n) is 26.4. The van der Waals surface area contributed by atoms with Crippen LogP contribution in [0.25, 0.3) is 22.3 Å². The monoisotopic (exact) mass is 856 g/mol. The van der Waals surface area contributed by atoms with Crippen molar-refractivity contribution >= 4 is 63.9 Å². The molecule has 0 aliphatic carbocycles. The third kappa shape index (κ3) is 9.57. The van der Waals surface area contributed by atoms with Crippen molar-refractivity contribution in [2.45, 2.75) is 26.7 Å². The molecule has 2 N–H and O–H groups in total. The van der Waals surface area contributed by atoms with E-state index < -0.39 is 20.4 Å². The maximum atomic E-state index is 13.0. The molecule has 0 spiro atoms. The van der Waals surface area contributed by atoms with Crippen molar-refractivity contribution < 1.29 is 26.3 Å². The van der Waals surface area contributed by atoms with Gasteiger partial charge in [-0.1, -0.05) is 70.0 Å². The third-order valence-electron chi connectivity index (χ3n) is 6.47. The van der Waals surface area contributed by atoms with E-state index in [-0.39, 0.29) is 60.8 Å². The lowest BCUT2D eigenvalue weighted by Gasteiger charge is -2.19. The van der Waals surface area contributed by atoms with Crippen LogP contribution >= 0.6 is 31.9 Å². The van der Waals surface area contributed by atoms with E-state index in [0.29, 0.717) is 32.8 Å². The first-order chi connectivity index (χ1) is 23.9. The summed E-state index contributed by atoms with van der Waals surface area (Å²) in [6.07, 6.45) is 2.83. The zero-order valence-corrected chi connectivity index (χ0v) is 31.2. The molecule has 2 aromatic carbocycles. The number of anilines is 2. The van der Waals surface area contributed by atoms with Crippen LogP contribution in [0, 0.1) is 9.81 Å². The Balaban J connectivity index is 1.64. The first-order valence-corrected chi connectivity index (χ1v) is 19.2. The number of nitrogens with one attached hydrogen (secondary N) is 2. The van der Waals surface area contributed by atoms with Crippen LogP contribution in [0.4, 0.5) is 11.6 Å². The molecule has 0 unspecified atom stereocenters. The second-order valence-electron chi connectivity index (χ2n) is 9.98. The average Bonchev–Trinajstić information content (AvgIpc) is 3.08. The fraction of sp³-hybridized carbons (Fsp3) is 0.286. The van der Waals surface area contributed by atoms with Gasteiger partial charge >= 0.3 is 20.4 Å². The van der Waals surface area contributed by atoms with Crippen molar-refractivity contribution in [2.75, 3.05) is 35.7 Å². The lowest BCUT2D eigenvalue weighted by atomic mass is 10.1. The Morgan fingerprint density at radius 1 is 0.640 bits per heavy atom. The summed E-state index contributed by atoms with van der Waals surface area (Å²) in [6.45, 7) is 2.75. The molecule has 0 aliphatic rings. The van der Waals surface area contributed by atoms with E-state index in [2.05, 4.69) is 71.8 Å². The molecule has 2 aromatic heterocycles. The van der Waals surface area contributed by atoms with Gasteiger partial charge in [-0.05, 0) is 48.2 Å². The first kappa shape index (κ1) is 38.3. The van der Waals surface area contributed by atoms with E-state index in [1.807, 2.05) is 0 Å². The van der Waals surface area contributed by atoms with Gasteiger partial charge in [0.15, 0.2) is 11.6 Å². The Kier molecular flexibility index (Phi) is 13.3. The normalized spacial score (nSPS) is 11.4. The van der Waals surface area contributed by atoms with Gasteiger partial charge in [-0.25, -0.2) is 29.4 Å². The summed E-state index contributed by atoms with van der Waals surface area (Å²) >= 11 is 6.74. The van der Waals surface area contributed by atoms with Gasteiger partial charge < -0.3 is 9.47 Å². The number of aromatic nitrogens is 4. The maximum absolute atomic E-state index is 13.0. The molecular formula is C28H30Br2N10O8S2. The van der Waals surface area contributed by atoms with Crippen LogP contribution in [-0.4, -0.2) is 71.9 Å². The van der Waals surface area contributed by atoms with Crippen molar-refractivity contribution in [3.63, 3.8) is 0 Å². The van der Waals surface area contributed by atoms with E-state index in [4.69, 9.17) is 9.47 Å². The van der Waals surface area contributed by atoms with E-state index in [1.165, 1.54) is 0 Å². The maximum Gasteiger partial charge on any atom is 0.342 e. The quantitative estimate of drug-likeness (QED) is 0.0659. The van der Waals surface area contributed by atoms with Gasteiger partial charge in [0.2, 0.25) is 11.8 Å². The van der Waals surface area contributed by atoms with E-state index in [9.17, 15) is 26.6 Å². The van der Waals surface area contributed by atoms with Gasteiger partial charge in [-0.15, -0.1) is 18.6 Å². The highest BCUT2D eigenvalue weighted by Crippen LogP contribution is 2.37. The number of hydrogen-bond acceptors (Lipinski definition) is 14. The van der Waals surface area contributed by atoms with Crippen LogP contribution in [0.1, 0.15) is 26.7 Å². The smallest absolute Gasteiger partial charge is 0.342 e. The van der Waals surface area contributed by atoms with Crippen molar-refractivity contribution in [1.29, 1.82) is 0 Å². The largest absolute Gasteiger partial charge is 0.473 e. The highest BCUT2D eigenvalue weighted by Gasteiger charge is 2.27. The summed E-state index contributed by atoms with van der Waals surface area (Å²) in [7, 11) is -8.87. The number of benzene rings is 2. The van der Waals surface area contributed by atoms with E-state index in [0.717, 1.165) is 21.6 Å². The summed E-state index contributed by atoms with van der Waals surface area (Å²) < 4.78 is 70.6. The molecule has 0 aliphatic heterocycles. The molecule has 50 heavy (non-hydrogen) atoms. The summed E-state index contributed by atoms with van der Waals surface area (Å²) in [5.74, 6) is -0.386. The first-order valence-electron chi connectivity index (χ1n) is 14.7. The van der Waals surface area contributed by atoms with E-state index in [1.54, 1.807) is 62.4 Å². The number of nitrogens with zero attached hydrogens (tertiary/aromatic N) is 8. The topological polar surface area (TPSA) is 228 Å². The molecule has 0 bridgehead atoms. The molecule has 266 valence electrons. The van der Waals surface area contributed by atoms with Crippen LogP contribution in [0.15, 0.2) is 80.7 Å². The fourth-order valence-electron chi connectivity index (χ4n) is 4.28. The third-order valence-corrected chi connectivity index (χ3v) is 10.0. The molecule has 0 fully saturated rings. The lowest BCUT2D eigenvalue weighted by Crippen LogP contribution is -2.32. The van der Waals surface area contributed by atoms with Crippen LogP contribution < -0.4 is 18.9 Å². The SMILES string of the molecule is CCCN(N=O)S(=O)(=O)Nc1ncnc(OCCOc2ncnc(NS(=O)(=O)N(CCC)N=O)c2-c2ccc(Br)cc2)c1-c1ccc(Br)cc1. The molecule has 0 saturated carbocycles. The Labute approximate surface area is 304 Å². The fourth-order valence-corrected chi connectivity index (χ4v) is 6.84. The van der Waals surface area contributed by atoms with Crippen molar-refractivity contribution in [3.8, 4) is 34.0 Å². The molecular weight excluding hydrogens is 828 g/mol. The molecule has 0 atom stereocenters. The van der Waals surface area contributed by atoms with Gasteiger partial charge in [-0.2, -0.15) is 16.8 Å². The standard InChI is InChI=1S/C28H30Br2N10O8S2/c1-3-13-39(37-41)49(43,44)35-25-23(19-5-9-21(29)10-6-19)27(33-17-31-25)47-15-16-48-28-24(20-7-11-22(30)12-8-20)26(32-18-34-28)36-50(45,46)40(38-42)14-4-2/h5-12,17-18H,3-4,13-16H2,1-2H3,(H,31,33,35)(H,32,34,36). The van der Waals surface area contributed by atoms with Gasteiger partial charge in [-0.3, -0.25) is 0 Å². The Morgan fingerprint density at radius 2 is 1.00 bits per heavy atom. The van der Waals surface area contributed by atoms with Crippen molar-refractivity contribution in [2.24, 2.45) is 10.6 Å². The Bertz CT molecular complexity index is 1870. The Morgan fingerprint density at radius 3 is 1.32 bits per heavy atom. The van der Waals surface area contributed by atoms with Crippen LogP contribution in [-0.2, 0) is 20.4 Å². The molecule has 4 rings (SSSR count). The summed E-state index contributed by atoms with van der Waals surface area (Å²) in [5, 5.41) is 5.23. The molecule has 0 amide bonds. The second kappa shape index (κ2) is 17.4. The van der Waals surface area contributed by atoms with Gasteiger partial charge in [0.05, 0.1) is 34.8 Å². The summed E-state index contributed by atoms with van der Waals surface area (Å²) in [6, 6.07) is 13.6. The number of nitroso groups, excluding NO2 is 2. The molecule has 18 nitrogen and oxygen atoms in total. The molecule has 0 radical (unpaired) electrons. The van der Waals surface area contributed by atoms with Gasteiger partial charge in [0.1, 0.15) is 25.9 Å². The Hall–Kier alpha value is -4.54. The van der Waals surface area contributed by atoms with Gasteiger partial charge in [0, 0.05) is 8.95 Å². The zero-order chi connectivity index (χ0) is 36.3. The predicted octanol–water partition coefficient (Wildman–Crippen LogP) is 5.68. The van der Waals surface area contributed by atoms with Gasteiger partial charge in [0.25, 0.3) is 0 Å². The molecule has 4 aromatic rings. The van der Waals surface area contributed by atoms with E-state index >= 15 is 0 Å². The molecule has 0 saturated heterocycles. The minimum Gasteiger partial charge on any atom is -0.473 e. The van der Waals surface area contributed by atoms with Crippen LogP contribution in [0.3, 0.4) is 0 Å². The minimum absolute atomic E-state index is 0.0219. The minimum atomic E-state index is -4.43. The van der Waals surface area contributed by atoms with Crippen molar-refractivity contribution in [1.82, 2.24) is 28.8 Å². The highest BCUT2D eigenvalue weighted by atomic mass is 79.9. The lowest BCUT2D eigenvalue weighted by molar-refractivity contribution is 0.208. The summed E-state index contributed by atoms with van der Waals surface area (Å²) in [5.41, 5.74) is 1.30. The number of ether oxygens (including phenoxy) is 2. The second-order valence-corrected chi connectivity index (χ2v) is 15.0. The van der Waals surface area contributed by atoms with Crippen molar-refractivity contribution in [3.05, 3.63) is 79.9 Å². The van der Waals surface area contributed by atoms with Crippen LogP contribution in [0.5, 0.6) is 11.8 Å². The number of rotatable bonds is 19. The molecule has 22 heteroatoms. The number of hydrogen-bond donors (Lipinski definition) is 2. The average molecular weight is 859 g/mol. The predicted molar refractivity (Wildman–Crippen MR) is 192 cm³/mol. The number of halogens is 2. The van der Waals surface area contributed by atoms with Crippen LogP contribution in [0.2, 0.25) is 0 Å². The summed E-state index contributed by atoms with van der Waals surface area (Å²) in [4.78, 5) is 39.2. The highest BCUT2D eigenvalue weighted by molar-refractivity contribution is 9.10.